The molecule has 0 amide bonds. The van der Waals surface area contributed by atoms with Crippen LogP contribution in [0.3, 0.4) is 0 Å². The Morgan fingerprint density at radius 2 is 1.71 bits per heavy atom. The van der Waals surface area contributed by atoms with Gasteiger partial charge in [-0.15, -0.1) is 0 Å². The summed E-state index contributed by atoms with van der Waals surface area (Å²) < 4.78 is 16.2. The summed E-state index contributed by atoms with van der Waals surface area (Å²) in [4.78, 5) is 20.4. The number of methoxy groups -OCH3 is 1. The van der Waals surface area contributed by atoms with E-state index in [0.717, 1.165) is 68.7 Å². The quantitative estimate of drug-likeness (QED) is 0.445. The molecule has 10 heteroatoms. The van der Waals surface area contributed by atoms with Crippen molar-refractivity contribution in [3.05, 3.63) is 36.8 Å². The molecule has 10 nitrogen and oxygen atoms in total. The maximum atomic E-state index is 5.60. The molecule has 0 spiro atoms. The van der Waals surface area contributed by atoms with Crippen molar-refractivity contribution in [3.8, 4) is 5.88 Å². The molecule has 1 saturated heterocycles. The molecular formula is C25H33N7O3. The van der Waals surface area contributed by atoms with Crippen LogP contribution in [0.4, 0.5) is 17.3 Å². The third-order valence-electron chi connectivity index (χ3n) is 6.52. The van der Waals surface area contributed by atoms with Gasteiger partial charge in [-0.3, -0.25) is 9.97 Å². The lowest BCUT2D eigenvalue weighted by Gasteiger charge is -2.32. The van der Waals surface area contributed by atoms with E-state index in [-0.39, 0.29) is 0 Å². The van der Waals surface area contributed by atoms with Crippen LogP contribution in [0.15, 0.2) is 36.8 Å². The second kappa shape index (κ2) is 11.5. The van der Waals surface area contributed by atoms with Crippen LogP contribution in [0, 0.1) is 0 Å². The van der Waals surface area contributed by atoms with Crippen molar-refractivity contribution in [2.75, 3.05) is 62.2 Å². The summed E-state index contributed by atoms with van der Waals surface area (Å²) in [5.74, 6) is 1.17. The summed E-state index contributed by atoms with van der Waals surface area (Å²) >= 11 is 0. The standard InChI is InChI=1S/C25H33N7O3/c1-33-14-15-35-23-6-7-28-25(31-23)30-19-4-2-18(3-5-19)29-22-17-20(32-10-12-34-13-11-32)16-21-24(22)27-9-8-26-21/h6-9,16-19,29H,2-5,10-15H2,1H3,(H,28,30,31). The fourth-order valence-corrected chi connectivity index (χ4v) is 4.68. The number of nitrogens with zero attached hydrogens (tertiary/aromatic N) is 5. The number of nitrogens with one attached hydrogen (secondary N) is 2. The molecule has 0 radical (unpaired) electrons. The molecule has 3 aromatic rings. The summed E-state index contributed by atoms with van der Waals surface area (Å²) in [5, 5.41) is 7.25. The van der Waals surface area contributed by atoms with Gasteiger partial charge >= 0.3 is 0 Å². The highest BCUT2D eigenvalue weighted by atomic mass is 16.5. The van der Waals surface area contributed by atoms with E-state index in [1.807, 2.05) is 0 Å². The van der Waals surface area contributed by atoms with Crippen molar-refractivity contribution in [2.45, 2.75) is 37.8 Å². The summed E-state index contributed by atoms with van der Waals surface area (Å²) in [7, 11) is 1.65. The number of aromatic nitrogens is 4. The highest BCUT2D eigenvalue weighted by molar-refractivity contribution is 5.91. The number of rotatable bonds is 9. The van der Waals surface area contributed by atoms with Crippen LogP contribution in [-0.4, -0.2) is 78.6 Å². The Balaban J connectivity index is 1.20. The van der Waals surface area contributed by atoms with E-state index in [0.29, 0.717) is 37.1 Å². The van der Waals surface area contributed by atoms with E-state index >= 15 is 0 Å². The Kier molecular flexibility index (Phi) is 7.69. The zero-order chi connectivity index (χ0) is 23.9. The topological polar surface area (TPSA) is 107 Å². The van der Waals surface area contributed by atoms with Gasteiger partial charge in [-0.25, -0.2) is 4.98 Å². The van der Waals surface area contributed by atoms with Crippen molar-refractivity contribution in [3.63, 3.8) is 0 Å². The number of morpholine rings is 1. The molecule has 186 valence electrons. The van der Waals surface area contributed by atoms with E-state index in [4.69, 9.17) is 14.2 Å². The SMILES string of the molecule is COCCOc1ccnc(NC2CCC(Nc3cc(N4CCOCC4)cc4nccnc34)CC2)n1. The number of benzene rings is 1. The average Bonchev–Trinajstić information content (AvgIpc) is 2.91. The predicted octanol–water partition coefficient (Wildman–Crippen LogP) is 3.12. The minimum absolute atomic E-state index is 0.332. The summed E-state index contributed by atoms with van der Waals surface area (Å²) in [5.41, 5.74) is 4.06. The number of fused-ring (bicyclic) bond motifs is 1. The van der Waals surface area contributed by atoms with Crippen molar-refractivity contribution in [1.29, 1.82) is 0 Å². The number of hydrogen-bond acceptors (Lipinski definition) is 10. The second-order valence-corrected chi connectivity index (χ2v) is 8.91. The molecule has 0 bridgehead atoms. The molecule has 2 aromatic heterocycles. The largest absolute Gasteiger partial charge is 0.475 e. The van der Waals surface area contributed by atoms with Gasteiger partial charge in [0, 0.05) is 62.6 Å². The van der Waals surface area contributed by atoms with Crippen LogP contribution in [0.5, 0.6) is 5.88 Å². The first-order valence-electron chi connectivity index (χ1n) is 12.3. The highest BCUT2D eigenvalue weighted by Crippen LogP contribution is 2.31. The van der Waals surface area contributed by atoms with Gasteiger partial charge in [0.1, 0.15) is 12.1 Å². The van der Waals surface area contributed by atoms with Crippen LogP contribution >= 0.6 is 0 Å². The number of anilines is 3. The molecule has 5 rings (SSSR count). The van der Waals surface area contributed by atoms with E-state index in [2.05, 4.69) is 47.6 Å². The summed E-state index contributed by atoms with van der Waals surface area (Å²) in [6, 6.07) is 6.82. The summed E-state index contributed by atoms with van der Waals surface area (Å²) in [6.45, 7) is 4.29. The lowest BCUT2D eigenvalue weighted by atomic mass is 9.91. The second-order valence-electron chi connectivity index (χ2n) is 8.91. The van der Waals surface area contributed by atoms with Crippen molar-refractivity contribution in [1.82, 2.24) is 19.9 Å². The van der Waals surface area contributed by atoms with Gasteiger partial charge in [0.05, 0.1) is 31.0 Å². The number of hydrogen-bond donors (Lipinski definition) is 2. The molecule has 1 aromatic carbocycles. The molecule has 1 saturated carbocycles. The normalized spacial score (nSPS) is 20.5. The van der Waals surface area contributed by atoms with Crippen LogP contribution < -0.4 is 20.3 Å². The van der Waals surface area contributed by atoms with Gasteiger partial charge in [-0.2, -0.15) is 4.98 Å². The molecule has 1 aliphatic carbocycles. The Labute approximate surface area is 205 Å². The van der Waals surface area contributed by atoms with E-state index in [1.165, 1.54) is 5.69 Å². The van der Waals surface area contributed by atoms with Gasteiger partial charge in [0.15, 0.2) is 0 Å². The number of ether oxygens (including phenoxy) is 3. The first-order chi connectivity index (χ1) is 17.3. The van der Waals surface area contributed by atoms with Gasteiger partial charge in [0.2, 0.25) is 11.8 Å². The van der Waals surface area contributed by atoms with Crippen LogP contribution in [-0.2, 0) is 9.47 Å². The minimum atomic E-state index is 0.332. The van der Waals surface area contributed by atoms with Gasteiger partial charge in [-0.1, -0.05) is 0 Å². The first-order valence-corrected chi connectivity index (χ1v) is 12.3. The van der Waals surface area contributed by atoms with Gasteiger partial charge in [-0.05, 0) is 37.8 Å². The molecule has 3 heterocycles. The first kappa shape index (κ1) is 23.5. The van der Waals surface area contributed by atoms with Crippen molar-refractivity contribution in [2.24, 2.45) is 0 Å². The third-order valence-corrected chi connectivity index (χ3v) is 6.52. The molecule has 0 unspecified atom stereocenters. The molecule has 2 fully saturated rings. The Bertz CT molecular complexity index is 1100. The fourth-order valence-electron chi connectivity index (χ4n) is 4.68. The molecule has 0 atom stereocenters. The zero-order valence-electron chi connectivity index (χ0n) is 20.2. The lowest BCUT2D eigenvalue weighted by molar-refractivity contribution is 0.122. The third kappa shape index (κ3) is 6.07. The molecule has 1 aliphatic heterocycles. The molecular weight excluding hydrogens is 446 g/mol. The maximum Gasteiger partial charge on any atom is 0.226 e. The van der Waals surface area contributed by atoms with Crippen molar-refractivity contribution >= 4 is 28.4 Å². The molecule has 2 aliphatic rings. The predicted molar refractivity (Wildman–Crippen MR) is 135 cm³/mol. The Morgan fingerprint density at radius 3 is 2.51 bits per heavy atom. The highest BCUT2D eigenvalue weighted by Gasteiger charge is 2.23. The Hall–Kier alpha value is -3.24. The van der Waals surface area contributed by atoms with Gasteiger partial charge < -0.3 is 29.7 Å². The van der Waals surface area contributed by atoms with Crippen LogP contribution in [0.1, 0.15) is 25.7 Å². The van der Waals surface area contributed by atoms with E-state index in [1.54, 1.807) is 31.8 Å². The average molecular weight is 480 g/mol. The fraction of sp³-hybridized carbons (Fsp3) is 0.520. The van der Waals surface area contributed by atoms with E-state index in [9.17, 15) is 0 Å². The van der Waals surface area contributed by atoms with Gasteiger partial charge in [0.25, 0.3) is 0 Å². The van der Waals surface area contributed by atoms with E-state index < -0.39 is 0 Å². The van der Waals surface area contributed by atoms with Crippen LogP contribution in [0.2, 0.25) is 0 Å². The van der Waals surface area contributed by atoms with Crippen molar-refractivity contribution < 1.29 is 14.2 Å². The summed E-state index contributed by atoms with van der Waals surface area (Å²) in [6.07, 6.45) is 9.39. The lowest BCUT2D eigenvalue weighted by Crippen LogP contribution is -2.36. The zero-order valence-corrected chi connectivity index (χ0v) is 20.2. The Morgan fingerprint density at radius 1 is 0.943 bits per heavy atom. The monoisotopic (exact) mass is 479 g/mol. The van der Waals surface area contributed by atoms with Crippen LogP contribution in [0.25, 0.3) is 11.0 Å². The maximum absolute atomic E-state index is 5.60. The molecule has 35 heavy (non-hydrogen) atoms. The minimum Gasteiger partial charge on any atom is -0.475 e. The smallest absolute Gasteiger partial charge is 0.226 e. The molecule has 2 N–H and O–H groups in total.